The summed E-state index contributed by atoms with van der Waals surface area (Å²) in [7, 11) is -4.00. The van der Waals surface area contributed by atoms with Gasteiger partial charge in [-0.15, -0.1) is 0 Å². The number of amides is 4. The van der Waals surface area contributed by atoms with Gasteiger partial charge in [0.1, 0.15) is 0 Å². The second-order valence-corrected chi connectivity index (χ2v) is 9.61. The first-order chi connectivity index (χ1) is 14.3. The van der Waals surface area contributed by atoms with E-state index in [1.807, 2.05) is 44.2 Å². The van der Waals surface area contributed by atoms with Gasteiger partial charge in [0, 0.05) is 18.3 Å². The Kier molecular flexibility index (Phi) is 5.15. The van der Waals surface area contributed by atoms with Crippen LogP contribution in [0, 0.1) is 0 Å². The average molecular weight is 429 g/mol. The predicted molar refractivity (Wildman–Crippen MR) is 113 cm³/mol. The first-order valence-electron chi connectivity index (χ1n) is 9.86. The summed E-state index contributed by atoms with van der Waals surface area (Å²) in [6.07, 6.45) is 0.559. The molecule has 2 aromatic carbocycles. The van der Waals surface area contributed by atoms with E-state index in [1.54, 1.807) is 17.0 Å². The maximum absolute atomic E-state index is 13.2. The monoisotopic (exact) mass is 428 g/mol. The predicted octanol–water partition coefficient (Wildman–Crippen LogP) is 2.62. The first kappa shape index (κ1) is 20.2. The smallest absolute Gasteiger partial charge is 0.331 e. The van der Waals surface area contributed by atoms with E-state index >= 15 is 0 Å². The van der Waals surface area contributed by atoms with Crippen molar-refractivity contribution >= 4 is 27.8 Å². The molecule has 2 N–H and O–H groups in total. The molecule has 158 valence electrons. The molecule has 0 radical (unpaired) electrons. The van der Waals surface area contributed by atoms with Gasteiger partial charge in [-0.25, -0.2) is 22.3 Å². The fraction of sp³-hybridized carbons (Fsp3) is 0.333. The third-order valence-corrected chi connectivity index (χ3v) is 7.01. The van der Waals surface area contributed by atoms with Crippen LogP contribution in [0.5, 0.6) is 0 Å². The lowest BCUT2D eigenvalue weighted by atomic mass is 10.1. The van der Waals surface area contributed by atoms with E-state index in [9.17, 15) is 18.0 Å². The number of nitrogens with one attached hydrogen (secondary N) is 2. The number of fused-ring (bicyclic) bond motifs is 1. The molecule has 4 amide bonds. The van der Waals surface area contributed by atoms with Crippen LogP contribution in [0.25, 0.3) is 0 Å². The Hall–Kier alpha value is -3.07. The maximum Gasteiger partial charge on any atom is 0.331 e. The Labute approximate surface area is 175 Å². The van der Waals surface area contributed by atoms with Crippen LogP contribution in [0.2, 0.25) is 0 Å². The minimum atomic E-state index is -4.00. The molecule has 0 saturated carbocycles. The molecule has 2 aliphatic heterocycles. The number of urea groups is 2. The number of benzene rings is 2. The van der Waals surface area contributed by atoms with E-state index in [4.69, 9.17) is 0 Å². The van der Waals surface area contributed by atoms with Gasteiger partial charge in [0.15, 0.2) is 0 Å². The van der Waals surface area contributed by atoms with Crippen LogP contribution in [-0.4, -0.2) is 43.9 Å². The largest absolute Gasteiger partial charge is 0.336 e. The second kappa shape index (κ2) is 7.64. The fourth-order valence-electron chi connectivity index (χ4n) is 3.80. The van der Waals surface area contributed by atoms with Crippen LogP contribution < -0.4 is 15.5 Å². The summed E-state index contributed by atoms with van der Waals surface area (Å²) in [5.74, 6) is 0. The van der Waals surface area contributed by atoms with Crippen molar-refractivity contribution in [2.45, 2.75) is 37.2 Å². The van der Waals surface area contributed by atoms with E-state index < -0.39 is 22.1 Å². The van der Waals surface area contributed by atoms with E-state index in [0.29, 0.717) is 18.7 Å². The molecule has 1 saturated heterocycles. The topological polar surface area (TPSA) is 98.8 Å². The molecular weight excluding hydrogens is 404 g/mol. The molecule has 1 unspecified atom stereocenters. The molecule has 1 fully saturated rings. The number of rotatable bonds is 4. The number of carbonyl (C=O) groups excluding carboxylic acids is 2. The van der Waals surface area contributed by atoms with Crippen LogP contribution in [-0.2, 0) is 16.4 Å². The zero-order valence-corrected chi connectivity index (χ0v) is 17.6. The van der Waals surface area contributed by atoms with E-state index in [1.165, 1.54) is 6.07 Å². The van der Waals surface area contributed by atoms with Crippen molar-refractivity contribution < 1.29 is 18.0 Å². The quantitative estimate of drug-likeness (QED) is 0.782. The lowest BCUT2D eigenvalue weighted by molar-refractivity contribution is 0.235. The van der Waals surface area contributed by atoms with Gasteiger partial charge in [-0.1, -0.05) is 30.3 Å². The van der Waals surface area contributed by atoms with E-state index in [-0.39, 0.29) is 23.5 Å². The summed E-state index contributed by atoms with van der Waals surface area (Å²) in [5.41, 5.74) is 2.32. The molecule has 1 atom stereocenters. The Morgan fingerprint density at radius 2 is 1.90 bits per heavy atom. The molecule has 9 heteroatoms. The fourth-order valence-corrected chi connectivity index (χ4v) is 5.20. The summed E-state index contributed by atoms with van der Waals surface area (Å²) >= 11 is 0. The second-order valence-electron chi connectivity index (χ2n) is 7.75. The van der Waals surface area contributed by atoms with Gasteiger partial charge in [-0.2, -0.15) is 0 Å². The Morgan fingerprint density at radius 3 is 2.60 bits per heavy atom. The molecule has 0 spiro atoms. The number of anilines is 1. The highest BCUT2D eigenvalue weighted by atomic mass is 32.2. The molecule has 2 aliphatic rings. The number of carbonyl (C=O) groups is 2. The zero-order valence-electron chi connectivity index (χ0n) is 16.8. The average Bonchev–Trinajstić information content (AvgIpc) is 3.31. The normalized spacial score (nSPS) is 18.5. The van der Waals surface area contributed by atoms with Crippen LogP contribution >= 0.6 is 0 Å². The molecule has 2 aromatic rings. The summed E-state index contributed by atoms with van der Waals surface area (Å²) < 4.78 is 27.2. The minimum Gasteiger partial charge on any atom is -0.336 e. The van der Waals surface area contributed by atoms with Crippen LogP contribution in [0.3, 0.4) is 0 Å². The van der Waals surface area contributed by atoms with Gasteiger partial charge in [0.25, 0.3) is 10.0 Å². The van der Waals surface area contributed by atoms with Gasteiger partial charge >= 0.3 is 12.1 Å². The van der Waals surface area contributed by atoms with Crippen molar-refractivity contribution in [1.29, 1.82) is 0 Å². The Morgan fingerprint density at radius 1 is 1.17 bits per heavy atom. The first-order valence-corrected chi connectivity index (χ1v) is 11.3. The summed E-state index contributed by atoms with van der Waals surface area (Å²) in [6, 6.07) is 12.7. The van der Waals surface area contributed by atoms with Gasteiger partial charge in [-0.05, 0) is 49.6 Å². The Balaban J connectivity index is 1.57. The van der Waals surface area contributed by atoms with Gasteiger partial charge < -0.3 is 10.6 Å². The summed E-state index contributed by atoms with van der Waals surface area (Å²) in [5, 5.41) is 5.58. The number of hydrogen-bond donors (Lipinski definition) is 2. The van der Waals surface area contributed by atoms with Gasteiger partial charge in [0.2, 0.25) is 0 Å². The molecule has 0 aliphatic carbocycles. The van der Waals surface area contributed by atoms with Crippen molar-refractivity contribution in [1.82, 2.24) is 14.9 Å². The molecule has 2 heterocycles. The van der Waals surface area contributed by atoms with Crippen molar-refractivity contribution in [2.24, 2.45) is 0 Å². The van der Waals surface area contributed by atoms with Crippen LogP contribution in [0.15, 0.2) is 53.4 Å². The van der Waals surface area contributed by atoms with Crippen molar-refractivity contribution in [2.75, 3.05) is 18.0 Å². The standard InChI is InChI=1S/C21H24N4O4S/c1-14(2)22-20(26)24-11-10-16-12-17(8-9-19(16)24)30(28,29)25-13-18(23-21(25)27)15-6-4-3-5-7-15/h3-9,12,14,18H,10-11,13H2,1-2H3,(H,22,26)(H,23,27). The van der Waals surface area contributed by atoms with Gasteiger partial charge in [0.05, 0.1) is 17.5 Å². The SMILES string of the molecule is CC(C)NC(=O)N1CCc2cc(S(=O)(=O)N3CC(c4ccccc4)NC3=O)ccc21. The molecular formula is C21H24N4O4S. The van der Waals surface area contributed by atoms with Crippen LogP contribution in [0.1, 0.15) is 31.0 Å². The highest BCUT2D eigenvalue weighted by Gasteiger charge is 2.39. The molecule has 8 nitrogen and oxygen atoms in total. The number of nitrogens with zero attached hydrogens (tertiary/aromatic N) is 2. The molecule has 4 rings (SSSR count). The molecule has 0 bridgehead atoms. The van der Waals surface area contributed by atoms with E-state index in [0.717, 1.165) is 15.4 Å². The lowest BCUT2D eigenvalue weighted by Gasteiger charge is -2.20. The third-order valence-electron chi connectivity index (χ3n) is 5.27. The molecule has 0 aromatic heterocycles. The third kappa shape index (κ3) is 3.60. The maximum atomic E-state index is 13.2. The summed E-state index contributed by atoms with van der Waals surface area (Å²) in [4.78, 5) is 26.5. The van der Waals surface area contributed by atoms with E-state index in [2.05, 4.69) is 10.6 Å². The van der Waals surface area contributed by atoms with Crippen molar-refractivity contribution in [3.63, 3.8) is 0 Å². The number of hydrogen-bond acceptors (Lipinski definition) is 4. The Bertz CT molecular complexity index is 1090. The number of sulfonamides is 1. The van der Waals surface area contributed by atoms with Crippen molar-refractivity contribution in [3.05, 3.63) is 59.7 Å². The summed E-state index contributed by atoms with van der Waals surface area (Å²) in [6.45, 7) is 4.28. The zero-order chi connectivity index (χ0) is 21.5. The van der Waals surface area contributed by atoms with Gasteiger partial charge in [-0.3, -0.25) is 4.90 Å². The van der Waals surface area contributed by atoms with Crippen molar-refractivity contribution in [3.8, 4) is 0 Å². The molecule has 30 heavy (non-hydrogen) atoms. The lowest BCUT2D eigenvalue weighted by Crippen LogP contribution is -2.42. The van der Waals surface area contributed by atoms with Crippen LogP contribution in [0.4, 0.5) is 15.3 Å². The highest BCUT2D eigenvalue weighted by molar-refractivity contribution is 7.89. The minimum absolute atomic E-state index is 0.00689. The highest BCUT2D eigenvalue weighted by Crippen LogP contribution is 2.32.